The van der Waals surface area contributed by atoms with Crippen molar-refractivity contribution in [2.45, 2.75) is 33.6 Å². The molecule has 0 amide bonds. The van der Waals surface area contributed by atoms with Gasteiger partial charge in [0.05, 0.1) is 0 Å². The first-order chi connectivity index (χ1) is 11.6. The zero-order valence-corrected chi connectivity index (χ0v) is 15.6. The van der Waals surface area contributed by atoms with Crippen LogP contribution in [0.2, 0.25) is 0 Å². The van der Waals surface area contributed by atoms with Gasteiger partial charge in [0.2, 0.25) is 0 Å². The largest absolute Gasteiger partial charge is 0.508 e. The Morgan fingerprint density at radius 3 is 2.16 bits per heavy atom. The molecule has 3 N–H and O–H groups in total. The van der Waals surface area contributed by atoms with E-state index in [0.29, 0.717) is 17.2 Å². The third-order valence-corrected chi connectivity index (χ3v) is 4.14. The highest BCUT2D eigenvalue weighted by atomic mass is 31.2. The first-order valence-corrected chi connectivity index (χ1v) is 9.66. The summed E-state index contributed by atoms with van der Waals surface area (Å²) in [6, 6.07) is 8.44. The van der Waals surface area contributed by atoms with E-state index in [9.17, 15) is 9.67 Å². The Hall–Kier alpha value is -2.01. The molecule has 0 aliphatic carbocycles. The van der Waals surface area contributed by atoms with Crippen LogP contribution in [0, 0.1) is 13.8 Å². The minimum atomic E-state index is -4.22. The number of benzene rings is 2. The van der Waals surface area contributed by atoms with Crippen LogP contribution in [-0.4, -0.2) is 21.2 Å². The van der Waals surface area contributed by atoms with Gasteiger partial charge in [-0.05, 0) is 61.2 Å². The summed E-state index contributed by atoms with van der Waals surface area (Å²) < 4.78 is 22.0. The molecule has 2 rings (SSSR count). The van der Waals surface area contributed by atoms with Crippen molar-refractivity contribution < 1.29 is 28.9 Å². The molecule has 0 aliphatic heterocycles. The van der Waals surface area contributed by atoms with Crippen molar-refractivity contribution in [3.05, 3.63) is 47.0 Å². The van der Waals surface area contributed by atoms with Crippen LogP contribution in [0.15, 0.2) is 30.3 Å². The van der Waals surface area contributed by atoms with Crippen LogP contribution in [0.4, 0.5) is 0 Å². The topological polar surface area (TPSA) is 96.2 Å². The number of phenols is 1. The monoisotopic (exact) mass is 366 g/mol. The molecule has 0 atom stereocenters. The van der Waals surface area contributed by atoms with Crippen LogP contribution in [0.3, 0.4) is 0 Å². The van der Waals surface area contributed by atoms with E-state index in [0.717, 1.165) is 16.7 Å². The molecule has 0 bridgehead atoms. The Balaban J connectivity index is 2.26. The number of ether oxygens (including phenoxy) is 2. The Labute approximate surface area is 147 Å². The third-order valence-electron chi connectivity index (χ3n) is 3.67. The molecule has 0 radical (unpaired) electrons. The van der Waals surface area contributed by atoms with Crippen molar-refractivity contribution in [3.8, 4) is 23.0 Å². The van der Waals surface area contributed by atoms with E-state index in [1.54, 1.807) is 30.3 Å². The Morgan fingerprint density at radius 2 is 1.64 bits per heavy atom. The summed E-state index contributed by atoms with van der Waals surface area (Å²) >= 11 is 0. The summed E-state index contributed by atoms with van der Waals surface area (Å²) in [5, 5.41) is 9.91. The van der Waals surface area contributed by atoms with E-state index < -0.39 is 13.9 Å². The van der Waals surface area contributed by atoms with Crippen LogP contribution in [-0.2, 0) is 4.57 Å². The predicted octanol–water partition coefficient (Wildman–Crippen LogP) is 4.44. The van der Waals surface area contributed by atoms with Gasteiger partial charge in [-0.3, -0.25) is 4.57 Å². The zero-order chi connectivity index (χ0) is 18.8. The van der Waals surface area contributed by atoms with E-state index in [-0.39, 0.29) is 11.7 Å². The lowest BCUT2D eigenvalue weighted by Crippen LogP contribution is -2.00. The van der Waals surface area contributed by atoms with Gasteiger partial charge in [0.15, 0.2) is 6.35 Å². The highest BCUT2D eigenvalue weighted by Crippen LogP contribution is 2.38. The SMILES string of the molecule is Cc1cc(OCP(=O)(O)O)cc(C)c1Oc1ccc(O)c(C(C)C)c1. The van der Waals surface area contributed by atoms with Crippen LogP contribution in [0.25, 0.3) is 0 Å². The normalized spacial score (nSPS) is 11.6. The molecule has 136 valence electrons. The molecular weight excluding hydrogens is 343 g/mol. The molecule has 7 heteroatoms. The van der Waals surface area contributed by atoms with Gasteiger partial charge < -0.3 is 24.4 Å². The quantitative estimate of drug-likeness (QED) is 0.654. The lowest BCUT2D eigenvalue weighted by molar-refractivity contribution is 0.300. The number of aromatic hydroxyl groups is 1. The van der Waals surface area contributed by atoms with E-state index in [4.69, 9.17) is 19.3 Å². The number of hydrogen-bond donors (Lipinski definition) is 3. The van der Waals surface area contributed by atoms with Crippen LogP contribution < -0.4 is 9.47 Å². The second kappa shape index (κ2) is 7.48. The van der Waals surface area contributed by atoms with Gasteiger partial charge in [-0.15, -0.1) is 0 Å². The highest BCUT2D eigenvalue weighted by Gasteiger charge is 2.16. The predicted molar refractivity (Wildman–Crippen MR) is 95.7 cm³/mol. The Morgan fingerprint density at radius 1 is 1.04 bits per heavy atom. The summed E-state index contributed by atoms with van der Waals surface area (Å²) in [7, 11) is -4.22. The molecule has 6 nitrogen and oxygen atoms in total. The molecule has 0 heterocycles. The van der Waals surface area contributed by atoms with E-state index in [1.165, 1.54) is 0 Å². The van der Waals surface area contributed by atoms with Crippen molar-refractivity contribution in [1.82, 2.24) is 0 Å². The van der Waals surface area contributed by atoms with E-state index in [1.807, 2.05) is 27.7 Å². The number of hydrogen-bond acceptors (Lipinski definition) is 4. The minimum Gasteiger partial charge on any atom is -0.508 e. The summed E-state index contributed by atoms with van der Waals surface area (Å²) in [4.78, 5) is 17.8. The fourth-order valence-corrected chi connectivity index (χ4v) is 2.81. The second-order valence-corrected chi connectivity index (χ2v) is 7.89. The van der Waals surface area contributed by atoms with Crippen LogP contribution in [0.1, 0.15) is 36.5 Å². The summed E-state index contributed by atoms with van der Waals surface area (Å²) in [6.07, 6.45) is -0.665. The summed E-state index contributed by atoms with van der Waals surface area (Å²) in [5.41, 5.74) is 2.36. The first-order valence-electron chi connectivity index (χ1n) is 7.86. The number of rotatable bonds is 6. The first kappa shape index (κ1) is 19.3. The van der Waals surface area contributed by atoms with Gasteiger partial charge in [0.25, 0.3) is 0 Å². The molecule has 2 aromatic rings. The summed E-state index contributed by atoms with van der Waals surface area (Å²) in [6.45, 7) is 7.64. The van der Waals surface area contributed by atoms with E-state index in [2.05, 4.69) is 0 Å². The maximum atomic E-state index is 10.9. The highest BCUT2D eigenvalue weighted by molar-refractivity contribution is 7.51. The fourth-order valence-electron chi connectivity index (χ4n) is 2.49. The van der Waals surface area contributed by atoms with Crippen molar-refractivity contribution in [2.75, 3.05) is 6.35 Å². The van der Waals surface area contributed by atoms with Gasteiger partial charge in [0.1, 0.15) is 23.0 Å². The average Bonchev–Trinajstić information content (AvgIpc) is 2.49. The Kier molecular flexibility index (Phi) is 5.78. The average molecular weight is 366 g/mol. The maximum Gasteiger partial charge on any atom is 0.362 e. The van der Waals surface area contributed by atoms with Gasteiger partial charge >= 0.3 is 7.60 Å². The summed E-state index contributed by atoms with van der Waals surface area (Å²) in [5.74, 6) is 2.02. The second-order valence-electron chi connectivity index (χ2n) is 6.30. The lowest BCUT2D eigenvalue weighted by Gasteiger charge is -2.16. The molecule has 0 unspecified atom stereocenters. The number of phenolic OH excluding ortho intramolecular Hbond substituents is 1. The van der Waals surface area contributed by atoms with Crippen molar-refractivity contribution in [3.63, 3.8) is 0 Å². The third kappa shape index (κ3) is 5.23. The molecular formula is C18H23O6P. The molecule has 0 spiro atoms. The van der Waals surface area contributed by atoms with E-state index >= 15 is 0 Å². The Bertz CT molecular complexity index is 786. The van der Waals surface area contributed by atoms with Crippen LogP contribution in [0.5, 0.6) is 23.0 Å². The minimum absolute atomic E-state index is 0.161. The van der Waals surface area contributed by atoms with Crippen molar-refractivity contribution >= 4 is 7.60 Å². The molecule has 25 heavy (non-hydrogen) atoms. The van der Waals surface area contributed by atoms with Gasteiger partial charge in [-0.1, -0.05) is 13.8 Å². The van der Waals surface area contributed by atoms with Gasteiger partial charge in [-0.2, -0.15) is 0 Å². The lowest BCUT2D eigenvalue weighted by atomic mass is 10.0. The van der Waals surface area contributed by atoms with Gasteiger partial charge in [-0.25, -0.2) is 0 Å². The van der Waals surface area contributed by atoms with Gasteiger partial charge in [0, 0.05) is 5.56 Å². The smallest absolute Gasteiger partial charge is 0.362 e. The number of aryl methyl sites for hydroxylation is 2. The molecule has 0 fully saturated rings. The maximum absolute atomic E-state index is 10.9. The molecule has 0 aliphatic rings. The molecule has 0 saturated heterocycles. The van der Waals surface area contributed by atoms with Crippen molar-refractivity contribution in [1.29, 1.82) is 0 Å². The fraction of sp³-hybridized carbons (Fsp3) is 0.333. The van der Waals surface area contributed by atoms with Crippen LogP contribution >= 0.6 is 7.60 Å². The van der Waals surface area contributed by atoms with Crippen molar-refractivity contribution in [2.24, 2.45) is 0 Å². The zero-order valence-electron chi connectivity index (χ0n) is 14.7. The molecule has 2 aromatic carbocycles. The standard InChI is InChI=1S/C18H23O6P/c1-11(2)16-9-14(5-6-17(16)19)24-18-12(3)7-15(8-13(18)4)23-10-25(20,21)22/h5-9,11,19H,10H2,1-4H3,(H2,20,21,22). The molecule has 0 saturated carbocycles. The molecule has 0 aromatic heterocycles.